The molecule has 1 aromatic carbocycles. The highest BCUT2D eigenvalue weighted by molar-refractivity contribution is 7.89. The van der Waals surface area contributed by atoms with E-state index in [1.807, 2.05) is 6.92 Å². The van der Waals surface area contributed by atoms with Gasteiger partial charge in [0.25, 0.3) is 0 Å². The first-order valence-corrected chi connectivity index (χ1v) is 7.05. The van der Waals surface area contributed by atoms with Crippen LogP contribution in [0.15, 0.2) is 23.1 Å². The summed E-state index contributed by atoms with van der Waals surface area (Å²) in [6.07, 6.45) is 0. The van der Waals surface area contributed by atoms with Crippen LogP contribution in [-0.4, -0.2) is 28.2 Å². The van der Waals surface area contributed by atoms with Gasteiger partial charge in [0.15, 0.2) is 0 Å². The highest BCUT2D eigenvalue weighted by atomic mass is 32.2. The number of sulfonamides is 1. The van der Waals surface area contributed by atoms with E-state index in [0.717, 1.165) is 6.07 Å². The maximum Gasteiger partial charge on any atom is 0.240 e. The highest BCUT2D eigenvalue weighted by Gasteiger charge is 2.15. The molecule has 0 aliphatic rings. The zero-order chi connectivity index (χ0) is 13.6. The second kappa shape index (κ2) is 6.79. The van der Waals surface area contributed by atoms with E-state index in [-0.39, 0.29) is 23.5 Å². The van der Waals surface area contributed by atoms with Crippen molar-refractivity contribution in [2.45, 2.75) is 18.4 Å². The molecule has 18 heavy (non-hydrogen) atoms. The molecular weight excluding hydrogens is 259 g/mol. The van der Waals surface area contributed by atoms with E-state index in [0.29, 0.717) is 13.2 Å². The van der Waals surface area contributed by atoms with Crippen molar-refractivity contribution in [1.82, 2.24) is 4.72 Å². The number of halogens is 1. The van der Waals surface area contributed by atoms with Gasteiger partial charge in [-0.25, -0.2) is 17.5 Å². The molecule has 7 heteroatoms. The number of nitrogens with one attached hydrogen (secondary N) is 1. The van der Waals surface area contributed by atoms with E-state index in [4.69, 9.17) is 10.5 Å². The van der Waals surface area contributed by atoms with Crippen molar-refractivity contribution in [2.75, 3.05) is 19.8 Å². The van der Waals surface area contributed by atoms with Crippen molar-refractivity contribution in [1.29, 1.82) is 0 Å². The van der Waals surface area contributed by atoms with Gasteiger partial charge in [-0.15, -0.1) is 0 Å². The summed E-state index contributed by atoms with van der Waals surface area (Å²) in [5.41, 5.74) is 5.50. The van der Waals surface area contributed by atoms with E-state index < -0.39 is 15.8 Å². The molecule has 1 aromatic rings. The molecule has 0 fully saturated rings. The monoisotopic (exact) mass is 276 g/mol. The van der Waals surface area contributed by atoms with Crippen LogP contribution < -0.4 is 10.5 Å². The van der Waals surface area contributed by atoms with Crippen molar-refractivity contribution >= 4 is 10.0 Å². The first-order chi connectivity index (χ1) is 8.51. The van der Waals surface area contributed by atoms with Crippen LogP contribution in [0.25, 0.3) is 0 Å². The fraction of sp³-hybridized carbons (Fsp3) is 0.455. The van der Waals surface area contributed by atoms with Crippen molar-refractivity contribution in [3.63, 3.8) is 0 Å². The van der Waals surface area contributed by atoms with Gasteiger partial charge < -0.3 is 10.5 Å². The SMILES string of the molecule is CCOCCNS(=O)(=O)c1ccc(F)c(CN)c1. The topological polar surface area (TPSA) is 81.4 Å². The Kier molecular flexibility index (Phi) is 5.67. The van der Waals surface area contributed by atoms with Gasteiger partial charge in [0, 0.05) is 25.3 Å². The summed E-state index contributed by atoms with van der Waals surface area (Å²) in [6.45, 7) is 2.76. The molecule has 0 radical (unpaired) electrons. The van der Waals surface area contributed by atoms with Crippen molar-refractivity contribution in [3.05, 3.63) is 29.6 Å². The van der Waals surface area contributed by atoms with Crippen LogP contribution in [0.4, 0.5) is 4.39 Å². The Bertz CT molecular complexity index is 491. The van der Waals surface area contributed by atoms with E-state index in [9.17, 15) is 12.8 Å². The zero-order valence-corrected chi connectivity index (χ0v) is 11.0. The van der Waals surface area contributed by atoms with Crippen molar-refractivity contribution in [2.24, 2.45) is 5.73 Å². The lowest BCUT2D eigenvalue weighted by Gasteiger charge is -2.08. The normalized spacial score (nSPS) is 11.7. The molecule has 0 bridgehead atoms. The van der Waals surface area contributed by atoms with Crippen molar-refractivity contribution < 1.29 is 17.5 Å². The van der Waals surface area contributed by atoms with Gasteiger partial charge in [-0.2, -0.15) is 0 Å². The standard InChI is InChI=1S/C11H17FN2O3S/c1-2-17-6-5-14-18(15,16)10-3-4-11(12)9(7-10)8-13/h3-4,7,14H,2,5-6,8,13H2,1H3. The third-order valence-corrected chi connectivity index (χ3v) is 3.75. The van der Waals surface area contributed by atoms with Gasteiger partial charge in [0.1, 0.15) is 5.82 Å². The molecular formula is C11H17FN2O3S. The number of benzene rings is 1. The third kappa shape index (κ3) is 4.02. The fourth-order valence-electron chi connectivity index (χ4n) is 1.35. The zero-order valence-electron chi connectivity index (χ0n) is 10.1. The first kappa shape index (κ1) is 15.0. The molecule has 0 aromatic heterocycles. The lowest BCUT2D eigenvalue weighted by molar-refractivity contribution is 0.153. The number of hydrogen-bond donors (Lipinski definition) is 2. The minimum Gasteiger partial charge on any atom is -0.380 e. The van der Waals surface area contributed by atoms with Gasteiger partial charge in [0.05, 0.1) is 11.5 Å². The van der Waals surface area contributed by atoms with Crippen LogP contribution in [0, 0.1) is 5.82 Å². The Morgan fingerprint density at radius 2 is 2.17 bits per heavy atom. The number of hydrogen-bond acceptors (Lipinski definition) is 4. The second-order valence-corrected chi connectivity index (χ2v) is 5.32. The van der Waals surface area contributed by atoms with Crippen LogP contribution in [0.2, 0.25) is 0 Å². The summed E-state index contributed by atoms with van der Waals surface area (Å²) >= 11 is 0. The first-order valence-electron chi connectivity index (χ1n) is 5.57. The molecule has 3 N–H and O–H groups in total. The van der Waals surface area contributed by atoms with Gasteiger partial charge in [-0.1, -0.05) is 0 Å². The minimum atomic E-state index is -3.64. The fourth-order valence-corrected chi connectivity index (χ4v) is 2.41. The van der Waals surface area contributed by atoms with Gasteiger partial charge in [-0.05, 0) is 25.1 Å². The lowest BCUT2D eigenvalue weighted by Crippen LogP contribution is -2.27. The Hall–Kier alpha value is -1.02. The average Bonchev–Trinajstić information content (AvgIpc) is 2.35. The van der Waals surface area contributed by atoms with Crippen LogP contribution in [0.3, 0.4) is 0 Å². The summed E-state index contributed by atoms with van der Waals surface area (Å²) in [5, 5.41) is 0. The van der Waals surface area contributed by atoms with Crippen molar-refractivity contribution in [3.8, 4) is 0 Å². The van der Waals surface area contributed by atoms with E-state index in [1.54, 1.807) is 0 Å². The predicted octanol–water partition coefficient (Wildman–Crippen LogP) is 0.599. The number of nitrogens with two attached hydrogens (primary N) is 1. The van der Waals surface area contributed by atoms with E-state index >= 15 is 0 Å². The maximum absolute atomic E-state index is 13.2. The van der Waals surface area contributed by atoms with Crippen LogP contribution in [-0.2, 0) is 21.3 Å². The Morgan fingerprint density at radius 1 is 1.44 bits per heavy atom. The quantitative estimate of drug-likeness (QED) is 0.715. The third-order valence-electron chi connectivity index (χ3n) is 2.29. The number of rotatable bonds is 7. The Morgan fingerprint density at radius 3 is 2.78 bits per heavy atom. The molecule has 0 aliphatic heterocycles. The van der Waals surface area contributed by atoms with E-state index in [2.05, 4.69) is 4.72 Å². The molecule has 0 saturated heterocycles. The predicted molar refractivity (Wildman–Crippen MR) is 66.0 cm³/mol. The molecule has 0 atom stereocenters. The highest BCUT2D eigenvalue weighted by Crippen LogP contribution is 2.14. The molecule has 0 saturated carbocycles. The molecule has 0 heterocycles. The average molecular weight is 276 g/mol. The largest absolute Gasteiger partial charge is 0.380 e. The molecule has 0 amide bonds. The molecule has 1 rings (SSSR count). The van der Waals surface area contributed by atoms with Gasteiger partial charge >= 0.3 is 0 Å². The van der Waals surface area contributed by atoms with E-state index in [1.165, 1.54) is 12.1 Å². The van der Waals surface area contributed by atoms with Crippen LogP contribution in [0.1, 0.15) is 12.5 Å². The second-order valence-electron chi connectivity index (χ2n) is 3.55. The lowest BCUT2D eigenvalue weighted by atomic mass is 10.2. The minimum absolute atomic E-state index is 0.000786. The molecule has 0 spiro atoms. The summed E-state index contributed by atoms with van der Waals surface area (Å²) in [6, 6.07) is 3.54. The number of ether oxygens (including phenoxy) is 1. The van der Waals surface area contributed by atoms with Gasteiger partial charge in [0.2, 0.25) is 10.0 Å². The smallest absolute Gasteiger partial charge is 0.240 e. The summed E-state index contributed by atoms with van der Waals surface area (Å²) in [7, 11) is -3.64. The summed E-state index contributed by atoms with van der Waals surface area (Å²) in [4.78, 5) is 0.000786. The van der Waals surface area contributed by atoms with Crippen LogP contribution in [0.5, 0.6) is 0 Å². The molecule has 0 aliphatic carbocycles. The molecule has 102 valence electrons. The van der Waals surface area contributed by atoms with Crippen LogP contribution >= 0.6 is 0 Å². The van der Waals surface area contributed by atoms with Gasteiger partial charge in [-0.3, -0.25) is 0 Å². The maximum atomic E-state index is 13.2. The molecule has 5 nitrogen and oxygen atoms in total. The molecule has 0 unspecified atom stereocenters. The summed E-state index contributed by atoms with van der Waals surface area (Å²) in [5.74, 6) is -0.509. The Balaban J connectivity index is 2.78. The Labute approximate surface area is 106 Å². The summed E-state index contributed by atoms with van der Waals surface area (Å²) < 4.78 is 44.3.